The van der Waals surface area contributed by atoms with Gasteiger partial charge in [0.25, 0.3) is 0 Å². The lowest BCUT2D eigenvalue weighted by molar-refractivity contribution is -0.139. The molecule has 11 heteroatoms. The average Bonchev–Trinajstić information content (AvgIpc) is 3.63. The predicted octanol–water partition coefficient (Wildman–Crippen LogP) is 2.39. The van der Waals surface area contributed by atoms with Crippen LogP contribution in [0.3, 0.4) is 0 Å². The zero-order valence-electron chi connectivity index (χ0n) is 22.7. The molecule has 1 saturated heterocycles. The second-order valence-corrected chi connectivity index (χ2v) is 11.3. The number of rotatable bonds is 8. The minimum atomic E-state index is -0.898. The molecule has 1 aliphatic heterocycles. The summed E-state index contributed by atoms with van der Waals surface area (Å²) >= 11 is 0. The van der Waals surface area contributed by atoms with E-state index in [4.69, 9.17) is 9.84 Å². The Hall–Kier alpha value is -3.02. The molecule has 2 atom stereocenters. The van der Waals surface area contributed by atoms with Gasteiger partial charge in [-0.05, 0) is 58.9 Å². The molecule has 2 fully saturated rings. The van der Waals surface area contributed by atoms with Gasteiger partial charge in [0, 0.05) is 55.2 Å². The van der Waals surface area contributed by atoms with E-state index < -0.39 is 11.6 Å². The number of carbonyl (C=O) groups excluding carboxylic acids is 1. The maximum Gasteiger partial charge on any atom is 0.250 e. The minimum Gasteiger partial charge on any atom is -0.393 e. The van der Waals surface area contributed by atoms with E-state index in [-0.39, 0.29) is 24.0 Å². The third-order valence-electron chi connectivity index (χ3n) is 7.89. The first kappa shape index (κ1) is 26.6. The first-order valence-electron chi connectivity index (χ1n) is 13.5. The van der Waals surface area contributed by atoms with Crippen molar-refractivity contribution < 1.29 is 19.7 Å². The van der Waals surface area contributed by atoms with Crippen molar-refractivity contribution in [2.24, 2.45) is 0 Å². The number of likely N-dealkylation sites (tertiary alicyclic amines) is 1. The van der Waals surface area contributed by atoms with Crippen LogP contribution >= 0.6 is 0 Å². The topological polar surface area (TPSA) is 130 Å². The van der Waals surface area contributed by atoms with Gasteiger partial charge in [0.2, 0.25) is 11.9 Å². The number of aliphatic hydroxyl groups excluding tert-OH is 2. The Kier molecular flexibility index (Phi) is 7.43. The van der Waals surface area contributed by atoms with Crippen LogP contribution in [-0.2, 0) is 15.1 Å². The summed E-state index contributed by atoms with van der Waals surface area (Å²) in [5.74, 6) is 0.737. The van der Waals surface area contributed by atoms with Gasteiger partial charge in [-0.3, -0.25) is 9.48 Å². The van der Waals surface area contributed by atoms with Gasteiger partial charge >= 0.3 is 0 Å². The van der Waals surface area contributed by atoms with Crippen LogP contribution in [0.15, 0.2) is 24.7 Å². The molecule has 38 heavy (non-hydrogen) atoms. The summed E-state index contributed by atoms with van der Waals surface area (Å²) in [4.78, 5) is 19.6. The molecule has 0 bridgehead atoms. The molecule has 0 aromatic carbocycles. The van der Waals surface area contributed by atoms with E-state index in [2.05, 4.69) is 21.5 Å². The average molecular weight is 526 g/mol. The predicted molar refractivity (Wildman–Crippen MR) is 143 cm³/mol. The SMILES string of the molecule is COC[C@H](C)Nc1ncc2c(-c3cnn(C(C)(C)C(=O)N4CC[C@H](O)C4)c3)cc([C@H]3CC[C@H](O)CC3)n2n1. The number of aliphatic hydroxyl groups is 2. The molecule has 2 aliphatic rings. The highest BCUT2D eigenvalue weighted by Gasteiger charge is 2.38. The number of amides is 1. The molecule has 5 rings (SSSR count). The number of aromatic nitrogens is 5. The van der Waals surface area contributed by atoms with Crippen LogP contribution in [-0.4, -0.2) is 90.5 Å². The van der Waals surface area contributed by atoms with Gasteiger partial charge in [0.15, 0.2) is 0 Å². The summed E-state index contributed by atoms with van der Waals surface area (Å²) in [6.07, 6.45) is 8.73. The lowest BCUT2D eigenvalue weighted by Gasteiger charge is -2.29. The third kappa shape index (κ3) is 5.14. The summed E-state index contributed by atoms with van der Waals surface area (Å²) in [5, 5.41) is 32.7. The molecule has 3 aromatic heterocycles. The molecule has 1 aliphatic carbocycles. The van der Waals surface area contributed by atoms with Crippen LogP contribution in [0.25, 0.3) is 16.6 Å². The molecular weight excluding hydrogens is 486 g/mol. The molecule has 0 radical (unpaired) electrons. The number of nitrogens with zero attached hydrogens (tertiary/aromatic N) is 6. The fraction of sp³-hybridized carbons (Fsp3) is 0.630. The van der Waals surface area contributed by atoms with E-state index in [1.165, 1.54) is 0 Å². The molecule has 0 unspecified atom stereocenters. The fourth-order valence-electron chi connectivity index (χ4n) is 5.67. The molecule has 3 aromatic rings. The van der Waals surface area contributed by atoms with Crippen LogP contribution in [0, 0.1) is 0 Å². The summed E-state index contributed by atoms with van der Waals surface area (Å²) in [5.41, 5.74) is 2.88. The molecule has 206 valence electrons. The Balaban J connectivity index is 1.49. The normalized spacial score (nSPS) is 23.2. The molecular formula is C27H39N7O4. The van der Waals surface area contributed by atoms with Crippen LogP contribution in [0.5, 0.6) is 0 Å². The van der Waals surface area contributed by atoms with Crippen LogP contribution < -0.4 is 5.32 Å². The van der Waals surface area contributed by atoms with Gasteiger partial charge in [-0.1, -0.05) is 0 Å². The number of nitrogens with one attached hydrogen (secondary N) is 1. The molecule has 0 spiro atoms. The molecule has 11 nitrogen and oxygen atoms in total. The smallest absolute Gasteiger partial charge is 0.250 e. The lowest BCUT2D eigenvalue weighted by atomic mass is 9.85. The van der Waals surface area contributed by atoms with Crippen LogP contribution in [0.2, 0.25) is 0 Å². The first-order valence-corrected chi connectivity index (χ1v) is 13.5. The van der Waals surface area contributed by atoms with Crippen LogP contribution in [0.1, 0.15) is 64.5 Å². The summed E-state index contributed by atoms with van der Waals surface area (Å²) in [6.45, 7) is 7.18. The quantitative estimate of drug-likeness (QED) is 0.409. The molecule has 4 heterocycles. The van der Waals surface area contributed by atoms with Crippen LogP contribution in [0.4, 0.5) is 5.95 Å². The zero-order valence-corrected chi connectivity index (χ0v) is 22.7. The van der Waals surface area contributed by atoms with Crippen molar-refractivity contribution in [1.29, 1.82) is 0 Å². The van der Waals surface area contributed by atoms with E-state index in [1.54, 1.807) is 22.9 Å². The molecule has 1 saturated carbocycles. The number of anilines is 1. The molecule has 1 amide bonds. The Labute approximate surface area is 222 Å². The van der Waals surface area contributed by atoms with Gasteiger partial charge in [0.05, 0.1) is 36.7 Å². The van der Waals surface area contributed by atoms with E-state index in [0.29, 0.717) is 32.1 Å². The van der Waals surface area contributed by atoms with E-state index in [9.17, 15) is 15.0 Å². The first-order chi connectivity index (χ1) is 18.2. The van der Waals surface area contributed by atoms with Gasteiger partial charge in [0.1, 0.15) is 5.54 Å². The highest BCUT2D eigenvalue weighted by atomic mass is 16.5. The summed E-state index contributed by atoms with van der Waals surface area (Å²) in [6, 6.07) is 2.21. The third-order valence-corrected chi connectivity index (χ3v) is 7.89. The van der Waals surface area contributed by atoms with E-state index in [1.807, 2.05) is 37.7 Å². The molecule has 3 N–H and O–H groups in total. The Morgan fingerprint density at radius 3 is 2.63 bits per heavy atom. The van der Waals surface area contributed by atoms with Crippen molar-refractivity contribution in [2.45, 2.75) is 82.6 Å². The maximum absolute atomic E-state index is 13.3. The number of methoxy groups -OCH3 is 1. The Bertz CT molecular complexity index is 1280. The van der Waals surface area contributed by atoms with Crippen molar-refractivity contribution in [3.8, 4) is 11.1 Å². The standard InChI is InChI=1S/C27H39N7O4/c1-17(16-38-4)30-26-28-13-24-22(11-23(34(24)31-26)18-5-7-20(35)8-6-18)19-12-29-33(14-19)27(2,3)25(37)32-10-9-21(36)15-32/h11-14,17-18,20-21,35-36H,5-10,15-16H2,1-4H3,(H,30,31)/t17-,18-,20-,21-/m0/s1. The van der Waals surface area contributed by atoms with Crippen molar-refractivity contribution in [3.05, 3.63) is 30.4 Å². The number of hydrogen-bond acceptors (Lipinski definition) is 8. The largest absolute Gasteiger partial charge is 0.393 e. The number of ether oxygens (including phenoxy) is 1. The summed E-state index contributed by atoms with van der Waals surface area (Å²) < 4.78 is 8.91. The monoisotopic (exact) mass is 525 g/mol. The second-order valence-electron chi connectivity index (χ2n) is 11.3. The Morgan fingerprint density at radius 1 is 1.18 bits per heavy atom. The number of β-amino-alcohol motifs (C(OH)–C–C–N with tert-alkyl or cyclic N) is 1. The second kappa shape index (κ2) is 10.6. The van der Waals surface area contributed by atoms with Gasteiger partial charge in [-0.25, -0.2) is 9.50 Å². The highest BCUT2D eigenvalue weighted by Crippen LogP contribution is 2.38. The van der Waals surface area contributed by atoms with Gasteiger partial charge in [-0.2, -0.15) is 5.10 Å². The van der Waals surface area contributed by atoms with Gasteiger partial charge < -0.3 is 25.2 Å². The number of fused-ring (bicyclic) bond motifs is 1. The van der Waals surface area contributed by atoms with Gasteiger partial charge in [-0.15, -0.1) is 5.10 Å². The number of carbonyl (C=O) groups is 1. The van der Waals surface area contributed by atoms with Crippen molar-refractivity contribution in [2.75, 3.05) is 32.1 Å². The lowest BCUT2D eigenvalue weighted by Crippen LogP contribution is -2.46. The van der Waals surface area contributed by atoms with Crippen molar-refractivity contribution >= 4 is 17.4 Å². The fourth-order valence-corrected chi connectivity index (χ4v) is 5.67. The van der Waals surface area contributed by atoms with E-state index in [0.717, 1.165) is 48.0 Å². The van der Waals surface area contributed by atoms with Crippen molar-refractivity contribution in [1.82, 2.24) is 29.3 Å². The van der Waals surface area contributed by atoms with Crippen molar-refractivity contribution in [3.63, 3.8) is 0 Å². The minimum absolute atomic E-state index is 0.0514. The number of hydrogen-bond donors (Lipinski definition) is 3. The Morgan fingerprint density at radius 2 is 1.95 bits per heavy atom. The van der Waals surface area contributed by atoms with E-state index >= 15 is 0 Å². The highest BCUT2D eigenvalue weighted by molar-refractivity contribution is 5.85. The maximum atomic E-state index is 13.3. The zero-order chi connectivity index (χ0) is 27.0. The summed E-state index contributed by atoms with van der Waals surface area (Å²) in [7, 11) is 1.67.